The predicted molar refractivity (Wildman–Crippen MR) is 73.6 cm³/mol. The molecule has 2 rings (SSSR count). The molecular weight excluding hydrogens is 226 g/mol. The Hall–Kier alpha value is -1.55. The van der Waals surface area contributed by atoms with E-state index < -0.39 is 0 Å². The SMILES string of the molecule is CC(N)Cc1ccc(N2CCN(C)C(=O)C2)cc1. The molecule has 1 unspecified atom stereocenters. The number of nitrogens with two attached hydrogens (primary N) is 1. The topological polar surface area (TPSA) is 49.6 Å². The maximum Gasteiger partial charge on any atom is 0.241 e. The van der Waals surface area contributed by atoms with Crippen LogP contribution in [-0.2, 0) is 11.2 Å². The van der Waals surface area contributed by atoms with Crippen LogP contribution in [-0.4, -0.2) is 43.5 Å². The largest absolute Gasteiger partial charge is 0.360 e. The molecule has 1 heterocycles. The van der Waals surface area contributed by atoms with Gasteiger partial charge in [-0.05, 0) is 31.0 Å². The molecule has 0 spiro atoms. The van der Waals surface area contributed by atoms with E-state index in [1.165, 1.54) is 5.56 Å². The predicted octanol–water partition coefficient (Wildman–Crippen LogP) is 0.855. The Balaban J connectivity index is 2.03. The molecule has 2 N–H and O–H groups in total. The minimum absolute atomic E-state index is 0.181. The minimum atomic E-state index is 0.181. The lowest BCUT2D eigenvalue weighted by molar-refractivity contribution is -0.129. The summed E-state index contributed by atoms with van der Waals surface area (Å²) in [7, 11) is 1.85. The third-order valence-corrected chi connectivity index (χ3v) is 3.32. The normalized spacial score (nSPS) is 18.1. The van der Waals surface area contributed by atoms with Gasteiger partial charge in [-0.2, -0.15) is 0 Å². The highest BCUT2D eigenvalue weighted by atomic mass is 16.2. The number of hydrogen-bond acceptors (Lipinski definition) is 3. The summed E-state index contributed by atoms with van der Waals surface area (Å²) in [6.07, 6.45) is 0.891. The van der Waals surface area contributed by atoms with Gasteiger partial charge in [-0.1, -0.05) is 12.1 Å². The number of carbonyl (C=O) groups excluding carboxylic acids is 1. The van der Waals surface area contributed by atoms with E-state index in [1.807, 2.05) is 14.0 Å². The van der Waals surface area contributed by atoms with Crippen LogP contribution >= 0.6 is 0 Å². The number of hydrogen-bond donors (Lipinski definition) is 1. The smallest absolute Gasteiger partial charge is 0.241 e. The van der Waals surface area contributed by atoms with Crippen molar-refractivity contribution in [3.8, 4) is 0 Å². The molecule has 18 heavy (non-hydrogen) atoms. The van der Waals surface area contributed by atoms with Crippen LogP contribution < -0.4 is 10.6 Å². The molecule has 0 aliphatic carbocycles. The maximum absolute atomic E-state index is 11.7. The zero-order valence-corrected chi connectivity index (χ0v) is 11.1. The van der Waals surface area contributed by atoms with E-state index in [0.29, 0.717) is 6.54 Å². The second-order valence-electron chi connectivity index (χ2n) is 5.08. The zero-order chi connectivity index (χ0) is 13.1. The molecule has 1 aromatic rings. The third-order valence-electron chi connectivity index (χ3n) is 3.32. The van der Waals surface area contributed by atoms with Gasteiger partial charge in [0.25, 0.3) is 0 Å². The van der Waals surface area contributed by atoms with Gasteiger partial charge in [0.2, 0.25) is 5.91 Å². The molecule has 1 amide bonds. The molecule has 1 aliphatic heterocycles. The van der Waals surface area contributed by atoms with Crippen molar-refractivity contribution in [2.75, 3.05) is 31.6 Å². The lowest BCUT2D eigenvalue weighted by Gasteiger charge is -2.33. The second-order valence-corrected chi connectivity index (χ2v) is 5.08. The first kappa shape index (κ1) is 12.9. The average Bonchev–Trinajstić information content (AvgIpc) is 2.33. The molecule has 1 aliphatic rings. The van der Waals surface area contributed by atoms with Gasteiger partial charge in [0.05, 0.1) is 6.54 Å². The molecule has 4 nitrogen and oxygen atoms in total. The highest BCUT2D eigenvalue weighted by Gasteiger charge is 2.20. The Morgan fingerprint density at radius 2 is 1.94 bits per heavy atom. The molecule has 1 atom stereocenters. The van der Waals surface area contributed by atoms with Crippen molar-refractivity contribution in [2.24, 2.45) is 5.73 Å². The van der Waals surface area contributed by atoms with E-state index in [2.05, 4.69) is 29.2 Å². The van der Waals surface area contributed by atoms with Gasteiger partial charge >= 0.3 is 0 Å². The van der Waals surface area contributed by atoms with Crippen molar-refractivity contribution in [3.05, 3.63) is 29.8 Å². The van der Waals surface area contributed by atoms with Crippen LogP contribution in [0.15, 0.2) is 24.3 Å². The van der Waals surface area contributed by atoms with Gasteiger partial charge in [0.15, 0.2) is 0 Å². The Kier molecular flexibility index (Phi) is 3.87. The van der Waals surface area contributed by atoms with Crippen molar-refractivity contribution in [1.82, 2.24) is 4.90 Å². The molecule has 1 aromatic carbocycles. The van der Waals surface area contributed by atoms with Crippen LogP contribution in [0.2, 0.25) is 0 Å². The summed E-state index contributed by atoms with van der Waals surface area (Å²) in [5, 5.41) is 0. The van der Waals surface area contributed by atoms with Crippen LogP contribution in [0, 0.1) is 0 Å². The van der Waals surface area contributed by atoms with Crippen LogP contribution in [0.1, 0.15) is 12.5 Å². The Labute approximate surface area is 108 Å². The van der Waals surface area contributed by atoms with E-state index in [0.717, 1.165) is 25.2 Å². The van der Waals surface area contributed by atoms with Crippen molar-refractivity contribution < 1.29 is 4.79 Å². The number of benzene rings is 1. The van der Waals surface area contributed by atoms with Crippen molar-refractivity contribution in [3.63, 3.8) is 0 Å². The van der Waals surface area contributed by atoms with Crippen LogP contribution in [0.3, 0.4) is 0 Å². The van der Waals surface area contributed by atoms with Gasteiger partial charge in [0, 0.05) is 31.9 Å². The summed E-state index contributed by atoms with van der Waals surface area (Å²) >= 11 is 0. The molecule has 1 saturated heterocycles. The number of piperazine rings is 1. The van der Waals surface area contributed by atoms with Gasteiger partial charge in [0.1, 0.15) is 0 Å². The fourth-order valence-corrected chi connectivity index (χ4v) is 2.19. The highest BCUT2D eigenvalue weighted by molar-refractivity contribution is 5.82. The summed E-state index contributed by atoms with van der Waals surface area (Å²) in [5.74, 6) is 0.181. The fourth-order valence-electron chi connectivity index (χ4n) is 2.19. The quantitative estimate of drug-likeness (QED) is 0.861. The Bertz CT molecular complexity index is 414. The summed E-state index contributed by atoms with van der Waals surface area (Å²) < 4.78 is 0. The first-order chi connectivity index (χ1) is 8.56. The number of rotatable bonds is 3. The van der Waals surface area contributed by atoms with Crippen LogP contribution in [0.5, 0.6) is 0 Å². The zero-order valence-electron chi connectivity index (χ0n) is 11.1. The van der Waals surface area contributed by atoms with Crippen LogP contribution in [0.4, 0.5) is 5.69 Å². The Morgan fingerprint density at radius 1 is 1.28 bits per heavy atom. The van der Waals surface area contributed by atoms with Crippen molar-refractivity contribution in [2.45, 2.75) is 19.4 Å². The van der Waals surface area contributed by atoms with E-state index in [4.69, 9.17) is 5.73 Å². The number of carbonyl (C=O) groups is 1. The summed E-state index contributed by atoms with van der Waals surface area (Å²) in [4.78, 5) is 15.6. The first-order valence-corrected chi connectivity index (χ1v) is 6.39. The standard InChI is InChI=1S/C14H21N3O/c1-11(15)9-12-3-5-13(6-4-12)17-8-7-16(2)14(18)10-17/h3-6,11H,7-10,15H2,1-2H3. The first-order valence-electron chi connectivity index (χ1n) is 6.39. The molecular formula is C14H21N3O. The molecule has 0 aromatic heterocycles. The molecule has 0 bridgehead atoms. The summed E-state index contributed by atoms with van der Waals surface area (Å²) in [5.41, 5.74) is 8.14. The van der Waals surface area contributed by atoms with E-state index in [-0.39, 0.29) is 11.9 Å². The summed E-state index contributed by atoms with van der Waals surface area (Å²) in [6, 6.07) is 8.54. The number of likely N-dealkylation sites (N-methyl/N-ethyl adjacent to an activating group) is 1. The Morgan fingerprint density at radius 3 is 2.50 bits per heavy atom. The lowest BCUT2D eigenvalue weighted by Crippen LogP contribution is -2.48. The van der Waals surface area contributed by atoms with Crippen molar-refractivity contribution >= 4 is 11.6 Å². The van der Waals surface area contributed by atoms with Gasteiger partial charge in [-0.15, -0.1) is 0 Å². The third kappa shape index (κ3) is 3.01. The highest BCUT2D eigenvalue weighted by Crippen LogP contribution is 2.17. The molecule has 4 heteroatoms. The lowest BCUT2D eigenvalue weighted by atomic mass is 10.1. The molecule has 0 saturated carbocycles. The van der Waals surface area contributed by atoms with Crippen LogP contribution in [0.25, 0.3) is 0 Å². The molecule has 1 fully saturated rings. The number of nitrogens with zero attached hydrogens (tertiary/aromatic N) is 2. The van der Waals surface area contributed by atoms with E-state index in [9.17, 15) is 4.79 Å². The average molecular weight is 247 g/mol. The van der Waals surface area contributed by atoms with Gasteiger partial charge in [-0.3, -0.25) is 4.79 Å². The monoisotopic (exact) mass is 247 g/mol. The minimum Gasteiger partial charge on any atom is -0.360 e. The fraction of sp³-hybridized carbons (Fsp3) is 0.500. The maximum atomic E-state index is 11.7. The van der Waals surface area contributed by atoms with Gasteiger partial charge < -0.3 is 15.5 Å². The summed E-state index contributed by atoms with van der Waals surface area (Å²) in [6.45, 7) is 4.17. The van der Waals surface area contributed by atoms with Crippen molar-refractivity contribution in [1.29, 1.82) is 0 Å². The molecule has 98 valence electrons. The van der Waals surface area contributed by atoms with E-state index in [1.54, 1.807) is 4.90 Å². The number of anilines is 1. The second kappa shape index (κ2) is 5.40. The van der Waals surface area contributed by atoms with Gasteiger partial charge in [-0.25, -0.2) is 0 Å². The number of amides is 1. The van der Waals surface area contributed by atoms with E-state index >= 15 is 0 Å². The molecule has 0 radical (unpaired) electrons.